The SMILES string of the molecule is CCOCC(COCC(COCC(COCO)OCO)OCO)OCO. The smallest absolute Gasteiger partial charge is 0.144 e. The highest BCUT2D eigenvalue weighted by Gasteiger charge is 2.16. The van der Waals surface area contributed by atoms with Crippen molar-refractivity contribution in [1.29, 1.82) is 0 Å². The normalized spacial score (nSPS) is 15.1. The summed E-state index contributed by atoms with van der Waals surface area (Å²) in [5.41, 5.74) is 0. The van der Waals surface area contributed by atoms with Crippen LogP contribution < -0.4 is 0 Å². The minimum atomic E-state index is -0.559. The second-order valence-corrected chi connectivity index (χ2v) is 4.99. The van der Waals surface area contributed by atoms with Gasteiger partial charge in [-0.2, -0.15) is 0 Å². The first kappa shape index (κ1) is 25.6. The maximum Gasteiger partial charge on any atom is 0.144 e. The molecule has 0 aliphatic heterocycles. The van der Waals surface area contributed by atoms with Crippen molar-refractivity contribution in [2.24, 2.45) is 0 Å². The van der Waals surface area contributed by atoms with E-state index in [1.165, 1.54) is 0 Å². The zero-order valence-corrected chi connectivity index (χ0v) is 15.2. The van der Waals surface area contributed by atoms with Gasteiger partial charge in [0.15, 0.2) is 0 Å². The lowest BCUT2D eigenvalue weighted by Gasteiger charge is -2.21. The fourth-order valence-electron chi connectivity index (χ4n) is 1.84. The van der Waals surface area contributed by atoms with Gasteiger partial charge >= 0.3 is 0 Å². The summed E-state index contributed by atoms with van der Waals surface area (Å²) in [6.07, 6.45) is -1.53. The maximum atomic E-state index is 8.94. The molecular formula is C15H32O11. The Kier molecular flexibility index (Phi) is 19.0. The third kappa shape index (κ3) is 14.7. The van der Waals surface area contributed by atoms with Crippen LogP contribution in [0.4, 0.5) is 0 Å². The summed E-state index contributed by atoms with van der Waals surface area (Å²) in [7, 11) is 0. The van der Waals surface area contributed by atoms with Crippen molar-refractivity contribution >= 4 is 0 Å². The van der Waals surface area contributed by atoms with Gasteiger partial charge in [0.25, 0.3) is 0 Å². The Hall–Kier alpha value is -0.440. The first-order chi connectivity index (χ1) is 12.7. The van der Waals surface area contributed by atoms with E-state index in [0.717, 1.165) is 0 Å². The summed E-state index contributed by atoms with van der Waals surface area (Å²) >= 11 is 0. The molecule has 158 valence electrons. The summed E-state index contributed by atoms with van der Waals surface area (Å²) < 4.78 is 36.1. The largest absolute Gasteiger partial charge is 0.379 e. The number of aliphatic hydroxyl groups is 4. The van der Waals surface area contributed by atoms with Crippen molar-refractivity contribution in [3.63, 3.8) is 0 Å². The summed E-state index contributed by atoms with van der Waals surface area (Å²) in [6.45, 7) is 1.27. The molecule has 0 fully saturated rings. The van der Waals surface area contributed by atoms with Crippen molar-refractivity contribution in [3.05, 3.63) is 0 Å². The van der Waals surface area contributed by atoms with E-state index in [-0.39, 0.29) is 39.6 Å². The second-order valence-electron chi connectivity index (χ2n) is 4.99. The van der Waals surface area contributed by atoms with E-state index >= 15 is 0 Å². The van der Waals surface area contributed by atoms with Crippen LogP contribution in [0.3, 0.4) is 0 Å². The lowest BCUT2D eigenvalue weighted by Crippen LogP contribution is -2.33. The average Bonchev–Trinajstić information content (AvgIpc) is 2.64. The van der Waals surface area contributed by atoms with Crippen molar-refractivity contribution in [3.8, 4) is 0 Å². The third-order valence-electron chi connectivity index (χ3n) is 3.05. The fourth-order valence-corrected chi connectivity index (χ4v) is 1.84. The highest BCUT2D eigenvalue weighted by molar-refractivity contribution is 4.60. The Morgan fingerprint density at radius 2 is 0.846 bits per heavy atom. The molecule has 0 spiro atoms. The number of rotatable bonds is 20. The highest BCUT2D eigenvalue weighted by atomic mass is 16.6. The molecule has 11 nitrogen and oxygen atoms in total. The lowest BCUT2D eigenvalue weighted by molar-refractivity contribution is -0.151. The van der Waals surface area contributed by atoms with Crippen molar-refractivity contribution < 1.29 is 53.6 Å². The van der Waals surface area contributed by atoms with Gasteiger partial charge in [0.2, 0.25) is 0 Å². The van der Waals surface area contributed by atoms with Crippen LogP contribution in [0.1, 0.15) is 6.92 Å². The Balaban J connectivity index is 4.12. The average molecular weight is 388 g/mol. The summed E-state index contributed by atoms with van der Waals surface area (Å²) in [4.78, 5) is 0. The summed E-state index contributed by atoms with van der Waals surface area (Å²) in [6, 6.07) is 0. The van der Waals surface area contributed by atoms with Crippen LogP contribution in [-0.4, -0.2) is 112 Å². The first-order valence-corrected chi connectivity index (χ1v) is 8.30. The number of ether oxygens (including phenoxy) is 7. The van der Waals surface area contributed by atoms with Crippen molar-refractivity contribution in [2.45, 2.75) is 25.2 Å². The molecule has 0 radical (unpaired) electrons. The molecule has 26 heavy (non-hydrogen) atoms. The Labute approximate surface area is 153 Å². The molecule has 0 aromatic rings. The van der Waals surface area contributed by atoms with E-state index in [2.05, 4.69) is 0 Å². The van der Waals surface area contributed by atoms with Crippen LogP contribution in [0, 0.1) is 0 Å². The van der Waals surface area contributed by atoms with Gasteiger partial charge < -0.3 is 53.6 Å². The molecule has 0 aromatic heterocycles. The molecule has 3 atom stereocenters. The molecule has 0 saturated carbocycles. The molecule has 4 N–H and O–H groups in total. The van der Waals surface area contributed by atoms with Crippen LogP contribution in [0.25, 0.3) is 0 Å². The Morgan fingerprint density at radius 1 is 0.500 bits per heavy atom. The second kappa shape index (κ2) is 19.3. The predicted octanol–water partition coefficient (Wildman–Crippen LogP) is -1.97. The van der Waals surface area contributed by atoms with Gasteiger partial charge in [0.05, 0.1) is 39.6 Å². The van der Waals surface area contributed by atoms with Gasteiger partial charge in [-0.1, -0.05) is 0 Å². The molecule has 11 heteroatoms. The van der Waals surface area contributed by atoms with E-state index in [1.807, 2.05) is 6.92 Å². The van der Waals surface area contributed by atoms with E-state index in [1.54, 1.807) is 0 Å². The van der Waals surface area contributed by atoms with Gasteiger partial charge in [0.1, 0.15) is 45.5 Å². The molecule has 3 unspecified atom stereocenters. The zero-order valence-electron chi connectivity index (χ0n) is 15.2. The molecule has 0 bridgehead atoms. The van der Waals surface area contributed by atoms with Crippen molar-refractivity contribution in [2.75, 3.05) is 73.4 Å². The van der Waals surface area contributed by atoms with Gasteiger partial charge in [0, 0.05) is 6.61 Å². The summed E-state index contributed by atoms with van der Waals surface area (Å²) in [5.74, 6) is 0. The van der Waals surface area contributed by atoms with Crippen LogP contribution in [0.15, 0.2) is 0 Å². The Bertz CT molecular complexity index is 258. The number of hydrogen-bond acceptors (Lipinski definition) is 11. The first-order valence-electron chi connectivity index (χ1n) is 8.30. The molecule has 0 rings (SSSR count). The van der Waals surface area contributed by atoms with E-state index < -0.39 is 45.5 Å². The Morgan fingerprint density at radius 3 is 1.15 bits per heavy atom. The molecule has 0 heterocycles. The number of aliphatic hydroxyl groups excluding tert-OH is 4. The topological polar surface area (TPSA) is 146 Å². The quantitative estimate of drug-likeness (QED) is 0.172. The van der Waals surface area contributed by atoms with E-state index in [0.29, 0.717) is 6.61 Å². The highest BCUT2D eigenvalue weighted by Crippen LogP contribution is 2.01. The van der Waals surface area contributed by atoms with Crippen LogP contribution in [0.2, 0.25) is 0 Å². The predicted molar refractivity (Wildman–Crippen MR) is 87.0 cm³/mol. The van der Waals surface area contributed by atoms with E-state index in [4.69, 9.17) is 53.6 Å². The van der Waals surface area contributed by atoms with Crippen LogP contribution in [0.5, 0.6) is 0 Å². The molecule has 0 amide bonds. The minimum Gasteiger partial charge on any atom is -0.379 e. The van der Waals surface area contributed by atoms with Crippen LogP contribution in [-0.2, 0) is 33.2 Å². The molecule has 0 aromatic carbocycles. The van der Waals surface area contributed by atoms with Gasteiger partial charge in [-0.3, -0.25) is 0 Å². The molecule has 0 saturated heterocycles. The van der Waals surface area contributed by atoms with Gasteiger partial charge in [-0.15, -0.1) is 0 Å². The minimum absolute atomic E-state index is 0.0523. The monoisotopic (exact) mass is 388 g/mol. The fraction of sp³-hybridized carbons (Fsp3) is 1.00. The zero-order chi connectivity index (χ0) is 19.5. The molecular weight excluding hydrogens is 356 g/mol. The standard InChI is InChI=1S/C15H32O11/c1-2-20-3-13(24-10-17)4-21-5-14(25-11-18)6-22-7-15(26-12-19)8-23-9-16/h13-19H,2-12H2,1H3. The van der Waals surface area contributed by atoms with Crippen LogP contribution >= 0.6 is 0 Å². The maximum absolute atomic E-state index is 8.94. The van der Waals surface area contributed by atoms with E-state index in [9.17, 15) is 0 Å². The lowest BCUT2D eigenvalue weighted by atomic mass is 10.3. The van der Waals surface area contributed by atoms with Gasteiger partial charge in [-0.05, 0) is 6.92 Å². The van der Waals surface area contributed by atoms with Gasteiger partial charge in [-0.25, -0.2) is 0 Å². The number of hydrogen-bond donors (Lipinski definition) is 4. The summed E-state index contributed by atoms with van der Waals surface area (Å²) in [5, 5.41) is 35.2. The molecule has 0 aliphatic carbocycles. The van der Waals surface area contributed by atoms with Crippen molar-refractivity contribution in [1.82, 2.24) is 0 Å². The molecule has 0 aliphatic rings. The third-order valence-corrected chi connectivity index (χ3v) is 3.05.